The molecule has 0 bridgehead atoms. The van der Waals surface area contributed by atoms with E-state index >= 15 is 0 Å². The van der Waals surface area contributed by atoms with Gasteiger partial charge in [0.15, 0.2) is 0 Å². The molecule has 2 nitrogen and oxygen atoms in total. The van der Waals surface area contributed by atoms with Gasteiger partial charge in [0.05, 0.1) is 0 Å². The maximum Gasteiger partial charge on any atom is 0.453 e. The monoisotopic (exact) mass is 160 g/mol. The predicted molar refractivity (Wildman–Crippen MR) is 47.9 cm³/mol. The predicted octanol–water partition coefficient (Wildman–Crippen LogP) is 1.64. The largest absolute Gasteiger partial charge is 0.453 e. The van der Waals surface area contributed by atoms with Gasteiger partial charge in [-0.2, -0.15) is 0 Å². The minimum atomic E-state index is -1.01. The molecule has 60 valence electrons. The van der Waals surface area contributed by atoms with Crippen molar-refractivity contribution in [3.8, 4) is 0 Å². The third kappa shape index (κ3) is 5.02. The average Bonchev–Trinajstić information content (AvgIpc) is 1.81. The molecule has 0 atom stereocenters. The molecular weight excluding hydrogens is 143 g/mol. The smallest absolute Gasteiger partial charge is 0.414 e. The lowest BCUT2D eigenvalue weighted by Gasteiger charge is -2.18. The highest BCUT2D eigenvalue weighted by atomic mass is 28.3. The van der Waals surface area contributed by atoms with E-state index in [4.69, 9.17) is 9.31 Å². The first kappa shape index (κ1) is 10.2. The van der Waals surface area contributed by atoms with Crippen LogP contribution >= 0.6 is 0 Å². The van der Waals surface area contributed by atoms with Crippen molar-refractivity contribution >= 4 is 15.2 Å². The molecule has 0 aromatic carbocycles. The summed E-state index contributed by atoms with van der Waals surface area (Å²) in [4.78, 5) is 0. The maximum atomic E-state index is 5.09. The minimum Gasteiger partial charge on any atom is -0.414 e. The molecule has 0 heterocycles. The van der Waals surface area contributed by atoms with Gasteiger partial charge in [0, 0.05) is 22.3 Å². The molecular formula is C6H17BO2Si. The van der Waals surface area contributed by atoms with Crippen LogP contribution in [0, 0.1) is 0 Å². The Hall–Kier alpha value is 0.202. The van der Waals surface area contributed by atoms with Crippen molar-refractivity contribution in [3.05, 3.63) is 0 Å². The molecule has 4 heteroatoms. The Morgan fingerprint density at radius 3 is 1.60 bits per heavy atom. The first-order chi connectivity index (χ1) is 4.49. The maximum absolute atomic E-state index is 5.09. The Kier molecular flexibility index (Phi) is 4.24. The van der Waals surface area contributed by atoms with Crippen LogP contribution in [0.2, 0.25) is 25.6 Å². The quantitative estimate of drug-likeness (QED) is 0.582. The van der Waals surface area contributed by atoms with Gasteiger partial charge in [0.25, 0.3) is 0 Å². The number of hydrogen-bond acceptors (Lipinski definition) is 2. The summed E-state index contributed by atoms with van der Waals surface area (Å²) in [6.07, 6.45) is 0. The molecule has 0 N–H and O–H groups in total. The number of rotatable bonds is 4. The highest BCUT2D eigenvalue weighted by Crippen LogP contribution is 2.10. The fourth-order valence-corrected chi connectivity index (χ4v) is 2.10. The molecule has 0 aromatic heterocycles. The van der Waals surface area contributed by atoms with Crippen molar-refractivity contribution in [1.29, 1.82) is 0 Å². The van der Waals surface area contributed by atoms with Crippen LogP contribution in [0.3, 0.4) is 0 Å². The van der Waals surface area contributed by atoms with E-state index < -0.39 is 8.07 Å². The summed E-state index contributed by atoms with van der Waals surface area (Å²) >= 11 is 0. The van der Waals surface area contributed by atoms with Crippen LogP contribution in [0.4, 0.5) is 0 Å². The van der Waals surface area contributed by atoms with Gasteiger partial charge in [0.1, 0.15) is 0 Å². The van der Waals surface area contributed by atoms with E-state index in [-0.39, 0.29) is 7.12 Å². The zero-order valence-corrected chi connectivity index (χ0v) is 8.60. The molecule has 0 rings (SSSR count). The van der Waals surface area contributed by atoms with Crippen LogP contribution in [0.5, 0.6) is 0 Å². The lowest BCUT2D eigenvalue weighted by atomic mass is 9.95. The molecule has 0 radical (unpaired) electrons. The van der Waals surface area contributed by atoms with Crippen LogP contribution in [0.1, 0.15) is 0 Å². The Morgan fingerprint density at radius 2 is 1.50 bits per heavy atom. The molecule has 0 aliphatic rings. The molecule has 0 fully saturated rings. The van der Waals surface area contributed by atoms with Gasteiger partial charge < -0.3 is 9.31 Å². The van der Waals surface area contributed by atoms with Crippen LogP contribution in [-0.4, -0.2) is 29.4 Å². The van der Waals surface area contributed by atoms with Gasteiger partial charge in [-0.15, -0.1) is 0 Å². The summed E-state index contributed by atoms with van der Waals surface area (Å²) in [6, 6.07) is 0. The topological polar surface area (TPSA) is 18.5 Å². The summed E-state index contributed by atoms with van der Waals surface area (Å²) in [5, 5.41) is 0. The van der Waals surface area contributed by atoms with E-state index in [2.05, 4.69) is 19.6 Å². The average molecular weight is 160 g/mol. The van der Waals surface area contributed by atoms with Crippen molar-refractivity contribution < 1.29 is 9.31 Å². The van der Waals surface area contributed by atoms with Gasteiger partial charge in [0.2, 0.25) is 0 Å². The summed E-state index contributed by atoms with van der Waals surface area (Å²) in [5.41, 5.74) is 0. The van der Waals surface area contributed by atoms with Crippen LogP contribution in [-0.2, 0) is 9.31 Å². The molecule has 0 saturated carbocycles. The van der Waals surface area contributed by atoms with Crippen LogP contribution in [0.15, 0.2) is 0 Å². The van der Waals surface area contributed by atoms with Crippen molar-refractivity contribution in [2.75, 3.05) is 14.2 Å². The standard InChI is InChI=1S/C6H17BO2Si/c1-8-7(9-2)6-10(3,4)5/h6H2,1-5H3. The SMILES string of the molecule is COB(C[Si](C)(C)C)OC. The summed E-state index contributed by atoms with van der Waals surface area (Å²) in [6.45, 7) is 6.91. The lowest BCUT2D eigenvalue weighted by molar-refractivity contribution is 0.282. The van der Waals surface area contributed by atoms with E-state index in [9.17, 15) is 0 Å². The van der Waals surface area contributed by atoms with Gasteiger partial charge in [-0.3, -0.25) is 0 Å². The van der Waals surface area contributed by atoms with Crippen LogP contribution in [0.25, 0.3) is 0 Å². The van der Waals surface area contributed by atoms with E-state index in [0.717, 1.165) is 5.94 Å². The summed E-state index contributed by atoms with van der Waals surface area (Å²) < 4.78 is 10.2. The fraction of sp³-hybridized carbons (Fsp3) is 1.00. The fourth-order valence-electron chi connectivity index (χ4n) is 0.763. The van der Waals surface area contributed by atoms with Gasteiger partial charge in [-0.05, 0) is 5.94 Å². The highest BCUT2D eigenvalue weighted by Gasteiger charge is 2.24. The third-order valence-electron chi connectivity index (χ3n) is 1.30. The second-order valence-electron chi connectivity index (χ2n) is 3.67. The Labute approximate surface area is 65.1 Å². The molecule has 0 aliphatic heterocycles. The van der Waals surface area contributed by atoms with Gasteiger partial charge in [-0.1, -0.05) is 19.6 Å². The van der Waals surface area contributed by atoms with E-state index in [1.165, 1.54) is 0 Å². The molecule has 0 spiro atoms. The first-order valence-electron chi connectivity index (χ1n) is 3.55. The Morgan fingerprint density at radius 1 is 1.10 bits per heavy atom. The van der Waals surface area contributed by atoms with Crippen LogP contribution < -0.4 is 0 Å². The minimum absolute atomic E-state index is 0.00617. The highest BCUT2D eigenvalue weighted by molar-refractivity contribution is 6.84. The zero-order chi connectivity index (χ0) is 8.20. The van der Waals surface area contributed by atoms with E-state index in [1.807, 2.05) is 0 Å². The number of hydrogen-bond donors (Lipinski definition) is 0. The molecule has 0 saturated heterocycles. The summed E-state index contributed by atoms with van der Waals surface area (Å²) in [5.74, 6) is 1.07. The molecule has 0 aliphatic carbocycles. The second kappa shape index (κ2) is 4.16. The normalized spacial score (nSPS) is 11.7. The van der Waals surface area contributed by atoms with Gasteiger partial charge in [-0.25, -0.2) is 0 Å². The van der Waals surface area contributed by atoms with E-state index in [1.54, 1.807) is 14.2 Å². The van der Waals surface area contributed by atoms with Gasteiger partial charge >= 0.3 is 7.12 Å². The van der Waals surface area contributed by atoms with E-state index in [0.29, 0.717) is 0 Å². The first-order valence-corrected chi connectivity index (χ1v) is 7.26. The van der Waals surface area contributed by atoms with Crippen molar-refractivity contribution in [2.45, 2.75) is 25.6 Å². The molecule has 0 amide bonds. The Bertz CT molecular complexity index is 88.2. The summed E-state index contributed by atoms with van der Waals surface area (Å²) in [7, 11) is 2.37. The zero-order valence-electron chi connectivity index (χ0n) is 7.60. The van der Waals surface area contributed by atoms with Crippen molar-refractivity contribution in [2.24, 2.45) is 0 Å². The second-order valence-corrected chi connectivity index (χ2v) is 9.20. The molecule has 0 aromatic rings. The lowest BCUT2D eigenvalue weighted by Crippen LogP contribution is -2.32. The Balaban J connectivity index is 3.63. The molecule has 10 heavy (non-hydrogen) atoms. The van der Waals surface area contributed by atoms with Crippen molar-refractivity contribution in [3.63, 3.8) is 0 Å². The van der Waals surface area contributed by atoms with Crippen molar-refractivity contribution in [1.82, 2.24) is 0 Å². The third-order valence-corrected chi connectivity index (χ3v) is 2.86. The molecule has 0 unspecified atom stereocenters.